The first-order valence-electron chi connectivity index (χ1n) is 7.73. The molecule has 0 aliphatic carbocycles. The molecule has 6 N–H and O–H groups in total. The Kier molecular flexibility index (Phi) is 7.88. The maximum absolute atomic E-state index is 9.92. The molecule has 0 radical (unpaired) electrons. The number of ether oxygens (including phenoxy) is 2. The molecule has 0 aromatic heterocycles. The summed E-state index contributed by atoms with van der Waals surface area (Å²) in [6.07, 6.45) is -6.75. The van der Waals surface area contributed by atoms with Crippen LogP contribution in [0.5, 0.6) is 0 Å². The van der Waals surface area contributed by atoms with Gasteiger partial charge in [0.1, 0.15) is 30.2 Å². The third kappa shape index (κ3) is 5.39. The summed E-state index contributed by atoms with van der Waals surface area (Å²) >= 11 is 0. The van der Waals surface area contributed by atoms with Gasteiger partial charge in [0.2, 0.25) is 0 Å². The molecule has 8 heteroatoms. The molecule has 0 bridgehead atoms. The molecule has 7 atom stereocenters. The summed E-state index contributed by atoms with van der Waals surface area (Å²) in [6.45, 7) is 4.72. The molecule has 0 saturated carbocycles. The Balaban J connectivity index is 2.81. The minimum absolute atomic E-state index is 0.0918. The molecule has 1 saturated heterocycles. The predicted octanol–water partition coefficient (Wildman–Crippen LogP) is -0.960. The molecule has 0 spiro atoms. The van der Waals surface area contributed by atoms with Crippen LogP contribution in [-0.2, 0) is 9.47 Å². The Morgan fingerprint density at radius 2 is 1.78 bits per heavy atom. The molecule has 1 aliphatic rings. The summed E-state index contributed by atoms with van der Waals surface area (Å²) in [6, 6.07) is 0. The zero-order valence-electron chi connectivity index (χ0n) is 13.6. The fraction of sp³-hybridized carbons (Fsp3) is 0.867. The van der Waals surface area contributed by atoms with Crippen molar-refractivity contribution in [1.82, 2.24) is 0 Å². The van der Waals surface area contributed by atoms with Gasteiger partial charge in [-0.1, -0.05) is 13.8 Å². The third-order valence-corrected chi connectivity index (χ3v) is 3.82. The third-order valence-electron chi connectivity index (χ3n) is 3.82. The monoisotopic (exact) mass is 336 g/mol. The molecule has 1 aliphatic heterocycles. The Labute approximate surface area is 135 Å². The van der Waals surface area contributed by atoms with Crippen LogP contribution in [0.4, 0.5) is 0 Å². The van der Waals surface area contributed by atoms with E-state index in [1.807, 2.05) is 0 Å². The smallest absolute Gasteiger partial charge is 0.187 e. The van der Waals surface area contributed by atoms with Gasteiger partial charge < -0.3 is 40.1 Å². The van der Waals surface area contributed by atoms with E-state index < -0.39 is 42.9 Å². The molecule has 136 valence electrons. The van der Waals surface area contributed by atoms with Crippen molar-refractivity contribution >= 4 is 0 Å². The lowest BCUT2D eigenvalue weighted by Gasteiger charge is -2.40. The van der Waals surface area contributed by atoms with Crippen molar-refractivity contribution < 1.29 is 40.1 Å². The van der Waals surface area contributed by atoms with E-state index in [1.165, 1.54) is 13.0 Å². The maximum Gasteiger partial charge on any atom is 0.187 e. The van der Waals surface area contributed by atoms with E-state index in [1.54, 1.807) is 13.8 Å². The van der Waals surface area contributed by atoms with E-state index in [4.69, 9.17) is 14.6 Å². The van der Waals surface area contributed by atoms with Crippen LogP contribution in [0.3, 0.4) is 0 Å². The summed E-state index contributed by atoms with van der Waals surface area (Å²) in [5, 5.41) is 58.1. The van der Waals surface area contributed by atoms with Crippen molar-refractivity contribution in [2.24, 2.45) is 5.92 Å². The van der Waals surface area contributed by atoms with E-state index in [0.29, 0.717) is 0 Å². The summed E-state index contributed by atoms with van der Waals surface area (Å²) in [5.74, 6) is -0.521. The summed E-state index contributed by atoms with van der Waals surface area (Å²) < 4.78 is 10.8. The van der Waals surface area contributed by atoms with Crippen LogP contribution >= 0.6 is 0 Å². The lowest BCUT2D eigenvalue weighted by Crippen LogP contribution is -2.57. The molecule has 0 amide bonds. The first kappa shape index (κ1) is 20.3. The second kappa shape index (κ2) is 8.93. The van der Waals surface area contributed by atoms with Crippen LogP contribution in [0, 0.1) is 5.92 Å². The van der Waals surface area contributed by atoms with Crippen molar-refractivity contribution in [2.45, 2.75) is 70.1 Å². The number of hydrogen-bond donors (Lipinski definition) is 6. The quantitative estimate of drug-likeness (QED) is 0.327. The Morgan fingerprint density at radius 1 is 1.17 bits per heavy atom. The SMILES string of the molecule is CC(C)C(O)/C(O)=C/C(CCO)OC1OC(C)C(O)C(O)C1O. The highest BCUT2D eigenvalue weighted by Crippen LogP contribution is 2.24. The average Bonchev–Trinajstić information content (AvgIpc) is 2.49. The summed E-state index contributed by atoms with van der Waals surface area (Å²) in [4.78, 5) is 0. The van der Waals surface area contributed by atoms with Gasteiger partial charge in [0.05, 0.1) is 12.2 Å². The average molecular weight is 336 g/mol. The predicted molar refractivity (Wildman–Crippen MR) is 80.5 cm³/mol. The zero-order chi connectivity index (χ0) is 17.7. The van der Waals surface area contributed by atoms with Crippen molar-refractivity contribution in [2.75, 3.05) is 6.61 Å². The van der Waals surface area contributed by atoms with Crippen LogP contribution in [-0.4, -0.2) is 80.2 Å². The fourth-order valence-corrected chi connectivity index (χ4v) is 2.25. The van der Waals surface area contributed by atoms with Gasteiger partial charge in [-0.25, -0.2) is 0 Å². The van der Waals surface area contributed by atoms with E-state index in [-0.39, 0.29) is 24.7 Å². The molecular formula is C15H28O8. The van der Waals surface area contributed by atoms with Crippen LogP contribution in [0.2, 0.25) is 0 Å². The minimum atomic E-state index is -1.48. The first-order chi connectivity index (χ1) is 10.7. The highest BCUT2D eigenvalue weighted by Gasteiger charge is 2.43. The lowest BCUT2D eigenvalue weighted by molar-refractivity contribution is -0.300. The van der Waals surface area contributed by atoms with Gasteiger partial charge in [-0.3, -0.25) is 0 Å². The molecule has 23 heavy (non-hydrogen) atoms. The number of rotatable bonds is 7. The normalized spacial score (nSPS) is 35.3. The van der Waals surface area contributed by atoms with Gasteiger partial charge in [0.25, 0.3) is 0 Å². The van der Waals surface area contributed by atoms with Gasteiger partial charge in [0.15, 0.2) is 6.29 Å². The van der Waals surface area contributed by atoms with Crippen molar-refractivity contribution in [3.8, 4) is 0 Å². The largest absolute Gasteiger partial charge is 0.510 e. The van der Waals surface area contributed by atoms with Crippen LogP contribution in [0.15, 0.2) is 11.8 Å². The van der Waals surface area contributed by atoms with Crippen molar-refractivity contribution in [3.63, 3.8) is 0 Å². The molecule has 1 rings (SSSR count). The van der Waals surface area contributed by atoms with Gasteiger partial charge in [-0.15, -0.1) is 0 Å². The van der Waals surface area contributed by atoms with Crippen LogP contribution in [0.25, 0.3) is 0 Å². The number of aliphatic hydroxyl groups excluding tert-OH is 6. The Hall–Kier alpha value is -0.740. The van der Waals surface area contributed by atoms with E-state index in [0.717, 1.165) is 0 Å². The Morgan fingerprint density at radius 3 is 2.30 bits per heavy atom. The van der Waals surface area contributed by atoms with Crippen LogP contribution < -0.4 is 0 Å². The van der Waals surface area contributed by atoms with Crippen LogP contribution in [0.1, 0.15) is 27.2 Å². The van der Waals surface area contributed by atoms with Gasteiger partial charge in [0, 0.05) is 13.0 Å². The zero-order valence-corrected chi connectivity index (χ0v) is 13.6. The standard InChI is InChI=1S/C15H28O8/c1-7(2)11(18)10(17)6-9(4-5-16)23-15-14(21)13(20)12(19)8(3)22-15/h6-9,11-21H,4-5H2,1-3H3/b10-6-. The highest BCUT2D eigenvalue weighted by atomic mass is 16.7. The minimum Gasteiger partial charge on any atom is -0.510 e. The second-order valence-corrected chi connectivity index (χ2v) is 6.15. The molecule has 8 nitrogen and oxygen atoms in total. The van der Waals surface area contributed by atoms with E-state index in [9.17, 15) is 25.5 Å². The van der Waals surface area contributed by atoms with Gasteiger partial charge >= 0.3 is 0 Å². The van der Waals surface area contributed by atoms with Crippen molar-refractivity contribution in [1.29, 1.82) is 0 Å². The van der Waals surface area contributed by atoms with Gasteiger partial charge in [-0.2, -0.15) is 0 Å². The number of aliphatic hydroxyl groups is 6. The first-order valence-corrected chi connectivity index (χ1v) is 7.73. The molecular weight excluding hydrogens is 308 g/mol. The van der Waals surface area contributed by atoms with Gasteiger partial charge in [-0.05, 0) is 18.9 Å². The topological polar surface area (TPSA) is 140 Å². The summed E-state index contributed by atoms with van der Waals surface area (Å²) in [7, 11) is 0. The van der Waals surface area contributed by atoms with Crippen molar-refractivity contribution in [3.05, 3.63) is 11.8 Å². The van der Waals surface area contributed by atoms with E-state index in [2.05, 4.69) is 0 Å². The lowest BCUT2D eigenvalue weighted by atomic mass is 10.00. The summed E-state index contributed by atoms with van der Waals surface area (Å²) in [5.41, 5.74) is 0. The molecule has 0 aromatic rings. The fourth-order valence-electron chi connectivity index (χ4n) is 2.25. The highest BCUT2D eigenvalue weighted by molar-refractivity contribution is 5.03. The molecule has 0 aromatic carbocycles. The second-order valence-electron chi connectivity index (χ2n) is 6.15. The maximum atomic E-state index is 9.92. The Bertz CT molecular complexity index is 386. The number of hydrogen-bond acceptors (Lipinski definition) is 8. The molecule has 1 heterocycles. The van der Waals surface area contributed by atoms with E-state index >= 15 is 0 Å². The molecule has 7 unspecified atom stereocenters. The molecule has 1 fully saturated rings.